The van der Waals surface area contributed by atoms with Crippen molar-refractivity contribution in [3.8, 4) is 5.75 Å². The van der Waals surface area contributed by atoms with E-state index < -0.39 is 29.1 Å². The number of azide groups is 1. The molecule has 1 aliphatic rings. The molecule has 0 aliphatic carbocycles. The van der Waals surface area contributed by atoms with Gasteiger partial charge in [0.25, 0.3) is 5.91 Å². The summed E-state index contributed by atoms with van der Waals surface area (Å²) in [6, 6.07) is 21.7. The predicted octanol–water partition coefficient (Wildman–Crippen LogP) is 6.15. The molecule has 48 heavy (non-hydrogen) atoms. The minimum atomic E-state index is -1.62. The highest BCUT2D eigenvalue weighted by atomic mass is 35.5. The monoisotopic (exact) mass is 676 g/mol. The molecule has 3 aromatic rings. The Morgan fingerprint density at radius 3 is 2.52 bits per heavy atom. The zero-order chi connectivity index (χ0) is 34.6. The Morgan fingerprint density at radius 1 is 1.10 bits per heavy atom. The van der Waals surface area contributed by atoms with Gasteiger partial charge in [0.1, 0.15) is 11.4 Å². The number of benzene rings is 3. The van der Waals surface area contributed by atoms with E-state index in [9.17, 15) is 9.59 Å². The number of rotatable bonds is 16. The number of esters is 1. The predicted molar refractivity (Wildman–Crippen MR) is 182 cm³/mol. The van der Waals surface area contributed by atoms with Crippen molar-refractivity contribution in [3.63, 3.8) is 0 Å². The van der Waals surface area contributed by atoms with E-state index in [0.717, 1.165) is 5.56 Å². The number of aliphatic imine (C=N–C) groups is 1. The average molecular weight is 677 g/mol. The van der Waals surface area contributed by atoms with Crippen LogP contribution < -0.4 is 15.6 Å². The van der Waals surface area contributed by atoms with Gasteiger partial charge >= 0.3 is 5.97 Å². The third-order valence-corrected chi connectivity index (χ3v) is 7.71. The first-order valence-electron chi connectivity index (χ1n) is 15.7. The molecular formula is C35H41ClN6O6. The maximum absolute atomic E-state index is 14.4. The molecule has 254 valence electrons. The molecule has 0 aromatic heterocycles. The van der Waals surface area contributed by atoms with Crippen LogP contribution in [0.1, 0.15) is 68.4 Å². The second-order valence-electron chi connectivity index (χ2n) is 12.2. The zero-order valence-corrected chi connectivity index (χ0v) is 28.1. The van der Waals surface area contributed by atoms with Crippen molar-refractivity contribution in [2.75, 3.05) is 19.8 Å². The van der Waals surface area contributed by atoms with Gasteiger partial charge in [0, 0.05) is 41.5 Å². The molecular weight excluding hydrogens is 636 g/mol. The Labute approximate surface area is 285 Å². The first-order valence-corrected chi connectivity index (χ1v) is 16.1. The number of nitrogens with zero attached hydrogens (tertiary/aromatic N) is 4. The quantitative estimate of drug-likeness (QED) is 0.0408. The molecule has 0 fully saturated rings. The third-order valence-electron chi connectivity index (χ3n) is 7.46. The van der Waals surface area contributed by atoms with Crippen LogP contribution in [-0.4, -0.2) is 53.8 Å². The van der Waals surface area contributed by atoms with Crippen LogP contribution in [0.4, 0.5) is 0 Å². The number of carbonyl (C=O) groups excluding carboxylic acids is 2. The molecule has 3 N–H and O–H groups in total. The highest BCUT2D eigenvalue weighted by Gasteiger charge is 2.54. The van der Waals surface area contributed by atoms with Gasteiger partial charge in [-0.25, -0.2) is 10.4 Å². The van der Waals surface area contributed by atoms with Crippen molar-refractivity contribution in [2.24, 2.45) is 10.1 Å². The van der Waals surface area contributed by atoms with E-state index in [4.69, 9.17) is 41.4 Å². The lowest BCUT2D eigenvalue weighted by molar-refractivity contribution is -0.155. The van der Waals surface area contributed by atoms with Crippen molar-refractivity contribution in [1.82, 2.24) is 10.9 Å². The van der Waals surface area contributed by atoms with Gasteiger partial charge in [0.15, 0.2) is 11.6 Å². The zero-order valence-electron chi connectivity index (χ0n) is 27.3. The summed E-state index contributed by atoms with van der Waals surface area (Å²) in [6.45, 7) is 6.13. The van der Waals surface area contributed by atoms with Gasteiger partial charge in [0.2, 0.25) is 5.90 Å². The second kappa shape index (κ2) is 17.0. The van der Waals surface area contributed by atoms with E-state index in [1.54, 1.807) is 81.4 Å². The summed E-state index contributed by atoms with van der Waals surface area (Å²) in [7, 11) is 0. The molecule has 0 saturated carbocycles. The van der Waals surface area contributed by atoms with Gasteiger partial charge in [-0.15, -0.1) is 0 Å². The number of hydrogen-bond acceptors (Lipinski definition) is 9. The van der Waals surface area contributed by atoms with Crippen LogP contribution >= 0.6 is 11.6 Å². The molecule has 3 aromatic carbocycles. The van der Waals surface area contributed by atoms with Crippen molar-refractivity contribution in [3.05, 3.63) is 111 Å². The lowest BCUT2D eigenvalue weighted by Gasteiger charge is -2.31. The molecule has 1 heterocycles. The van der Waals surface area contributed by atoms with Gasteiger partial charge < -0.3 is 19.3 Å². The van der Waals surface area contributed by atoms with Gasteiger partial charge in [-0.05, 0) is 92.2 Å². The average Bonchev–Trinajstić information content (AvgIpc) is 3.46. The lowest BCUT2D eigenvalue weighted by atomic mass is 9.82. The van der Waals surface area contributed by atoms with Gasteiger partial charge in [-0.1, -0.05) is 53.1 Å². The fourth-order valence-electron chi connectivity index (χ4n) is 5.18. The Bertz CT molecular complexity index is 1620. The molecule has 1 aliphatic heterocycles. The van der Waals surface area contributed by atoms with Crippen molar-refractivity contribution in [2.45, 2.75) is 70.2 Å². The standard InChI is InChI=1S/C35H41ClN6O6/c1-34(2,3)48-30(44)17-19-35(33(45)41-38-20-18-24-9-13-27(36)14-10-24)31(29-8-5-4-7-26(29)23-39-42-37)47-32(40-35)25-11-15-28(16-12-25)46-22-6-21-43/h4-5,7-16,31,38,43H,6,17-23H2,1-3H3,(H,41,45)/t31-,35-/m0/s1. The number of aliphatic hydroxyl groups is 1. The summed E-state index contributed by atoms with van der Waals surface area (Å²) >= 11 is 6.01. The highest BCUT2D eigenvalue weighted by molar-refractivity contribution is 6.30. The number of hydrazine groups is 1. The van der Waals surface area contributed by atoms with E-state index in [-0.39, 0.29) is 31.9 Å². The maximum Gasteiger partial charge on any atom is 0.306 e. The summed E-state index contributed by atoms with van der Waals surface area (Å²) in [5.74, 6) is -0.203. The lowest BCUT2D eigenvalue weighted by Crippen LogP contribution is -2.53. The number of hydrogen-bond donors (Lipinski definition) is 3. The van der Waals surface area contributed by atoms with E-state index in [1.807, 2.05) is 12.1 Å². The fraction of sp³-hybridized carbons (Fsp3) is 0.400. The van der Waals surface area contributed by atoms with Crippen LogP contribution in [-0.2, 0) is 32.0 Å². The van der Waals surface area contributed by atoms with Crippen LogP contribution in [0.2, 0.25) is 5.02 Å². The van der Waals surface area contributed by atoms with E-state index in [0.29, 0.717) is 53.5 Å². The van der Waals surface area contributed by atoms with Crippen LogP contribution in [0.15, 0.2) is 82.9 Å². The number of nitrogens with one attached hydrogen (secondary N) is 2. The Morgan fingerprint density at radius 2 is 1.83 bits per heavy atom. The van der Waals surface area contributed by atoms with E-state index in [1.165, 1.54) is 0 Å². The first-order chi connectivity index (χ1) is 23.0. The molecule has 12 nitrogen and oxygen atoms in total. The summed E-state index contributed by atoms with van der Waals surface area (Å²) in [5.41, 5.74) is 15.4. The summed E-state index contributed by atoms with van der Waals surface area (Å²) in [6.07, 6.45) is -0.0457. The Balaban J connectivity index is 1.70. The van der Waals surface area contributed by atoms with Crippen molar-refractivity contribution < 1.29 is 28.9 Å². The van der Waals surface area contributed by atoms with Crippen molar-refractivity contribution >= 4 is 29.4 Å². The topological polar surface area (TPSA) is 167 Å². The summed E-state index contributed by atoms with van der Waals surface area (Å²) < 4.78 is 17.8. The third kappa shape index (κ3) is 9.95. The van der Waals surface area contributed by atoms with Crippen LogP contribution in [0.25, 0.3) is 10.4 Å². The molecule has 2 atom stereocenters. The maximum atomic E-state index is 14.4. The van der Waals surface area contributed by atoms with E-state index in [2.05, 4.69) is 20.9 Å². The van der Waals surface area contributed by atoms with Crippen molar-refractivity contribution in [1.29, 1.82) is 0 Å². The molecule has 1 amide bonds. The van der Waals surface area contributed by atoms with Gasteiger partial charge in [0.05, 0.1) is 13.2 Å². The normalized spacial score (nSPS) is 17.1. The number of amides is 1. The molecule has 0 spiro atoms. The fourth-order valence-corrected chi connectivity index (χ4v) is 5.31. The van der Waals surface area contributed by atoms with Crippen LogP contribution in [0.3, 0.4) is 0 Å². The van der Waals surface area contributed by atoms with Crippen LogP contribution in [0.5, 0.6) is 5.75 Å². The summed E-state index contributed by atoms with van der Waals surface area (Å²) in [4.78, 5) is 35.2. The smallest absolute Gasteiger partial charge is 0.306 e. The molecule has 0 radical (unpaired) electrons. The molecule has 0 bridgehead atoms. The largest absolute Gasteiger partial charge is 0.494 e. The number of carbonyl (C=O) groups is 2. The number of aliphatic hydroxyl groups excluding tert-OH is 1. The molecule has 4 rings (SSSR count). The first kappa shape index (κ1) is 36.2. The van der Waals surface area contributed by atoms with Gasteiger partial charge in [-0.2, -0.15) is 0 Å². The number of ether oxygens (including phenoxy) is 3. The minimum Gasteiger partial charge on any atom is -0.494 e. The van der Waals surface area contributed by atoms with Gasteiger partial charge in [-0.3, -0.25) is 15.0 Å². The highest BCUT2D eigenvalue weighted by Crippen LogP contribution is 2.44. The SMILES string of the molecule is CC(C)(C)OC(=O)CC[C@]1(C(=O)NNCCc2ccc(Cl)cc2)N=C(c2ccc(OCCCO)cc2)O[C@H]1c1ccccc1CN=[N+]=[N-]. The van der Waals surface area contributed by atoms with Crippen LogP contribution in [0, 0.1) is 0 Å². The Hall–Kier alpha value is -4.61. The molecule has 13 heteroatoms. The molecule has 0 unspecified atom stereocenters. The molecule has 0 saturated heterocycles. The number of halogens is 1. The second-order valence-corrected chi connectivity index (χ2v) is 12.7. The van der Waals surface area contributed by atoms with E-state index >= 15 is 0 Å². The summed E-state index contributed by atoms with van der Waals surface area (Å²) in [5, 5.41) is 13.5. The minimum absolute atomic E-state index is 0.0187. The Kier molecular flexibility index (Phi) is 12.8.